The molecule has 1 aliphatic rings. The Hall–Kier alpha value is -2.18. The van der Waals surface area contributed by atoms with Crippen molar-refractivity contribution in [1.82, 2.24) is 10.2 Å². The topological polar surface area (TPSA) is 61.4 Å². The van der Waals surface area contributed by atoms with Crippen molar-refractivity contribution in [1.29, 1.82) is 0 Å². The molecule has 5 nitrogen and oxygen atoms in total. The standard InChI is InChI=1S/C22H29N3O2S/c1-15-10-16(2)20(17(3)11-15)24-22(27)21(26)23-12-18-4-7-25(8-5-18)13-19-6-9-28-14-19/h6,9-11,14,18H,4-5,7-8,12-13H2,1-3H3,(H,23,26)(H,24,27). The minimum atomic E-state index is -0.593. The van der Waals surface area contributed by atoms with Crippen molar-refractivity contribution < 1.29 is 9.59 Å². The van der Waals surface area contributed by atoms with Crippen LogP contribution in [0, 0.1) is 26.7 Å². The molecule has 0 radical (unpaired) electrons. The zero-order valence-electron chi connectivity index (χ0n) is 16.9. The highest BCUT2D eigenvalue weighted by molar-refractivity contribution is 7.07. The maximum atomic E-state index is 12.3. The number of rotatable bonds is 5. The van der Waals surface area contributed by atoms with Gasteiger partial charge in [-0.2, -0.15) is 11.3 Å². The van der Waals surface area contributed by atoms with Gasteiger partial charge in [0.2, 0.25) is 0 Å². The molecule has 0 atom stereocenters. The van der Waals surface area contributed by atoms with Crippen LogP contribution in [0.4, 0.5) is 5.69 Å². The van der Waals surface area contributed by atoms with Crippen LogP contribution < -0.4 is 10.6 Å². The van der Waals surface area contributed by atoms with Crippen LogP contribution in [0.15, 0.2) is 29.0 Å². The second-order valence-electron chi connectivity index (χ2n) is 7.79. The first-order chi connectivity index (χ1) is 13.4. The van der Waals surface area contributed by atoms with Crippen LogP contribution >= 0.6 is 11.3 Å². The Kier molecular flexibility index (Phi) is 6.86. The van der Waals surface area contributed by atoms with Crippen molar-refractivity contribution in [2.75, 3.05) is 25.0 Å². The number of piperidine rings is 1. The van der Waals surface area contributed by atoms with Crippen molar-refractivity contribution in [3.8, 4) is 0 Å². The molecule has 2 amide bonds. The summed E-state index contributed by atoms with van der Waals surface area (Å²) < 4.78 is 0. The van der Waals surface area contributed by atoms with Crippen molar-refractivity contribution >= 4 is 28.8 Å². The highest BCUT2D eigenvalue weighted by Gasteiger charge is 2.22. The smallest absolute Gasteiger partial charge is 0.313 e. The molecule has 2 heterocycles. The van der Waals surface area contributed by atoms with Gasteiger partial charge in [0.1, 0.15) is 0 Å². The second-order valence-corrected chi connectivity index (χ2v) is 8.57. The molecule has 0 unspecified atom stereocenters. The van der Waals surface area contributed by atoms with Crippen LogP contribution in [0.1, 0.15) is 35.1 Å². The lowest BCUT2D eigenvalue weighted by atomic mass is 9.96. The van der Waals surface area contributed by atoms with E-state index < -0.39 is 11.8 Å². The monoisotopic (exact) mass is 399 g/mol. The number of likely N-dealkylation sites (tertiary alicyclic amines) is 1. The van der Waals surface area contributed by atoms with Crippen molar-refractivity contribution in [3.63, 3.8) is 0 Å². The molecule has 1 fully saturated rings. The molecule has 28 heavy (non-hydrogen) atoms. The summed E-state index contributed by atoms with van der Waals surface area (Å²) in [4.78, 5) is 27.0. The number of anilines is 1. The van der Waals surface area contributed by atoms with Crippen LogP contribution in [-0.4, -0.2) is 36.3 Å². The lowest BCUT2D eigenvalue weighted by molar-refractivity contribution is -0.136. The van der Waals surface area contributed by atoms with Crippen LogP contribution in [0.5, 0.6) is 0 Å². The van der Waals surface area contributed by atoms with Gasteiger partial charge in [-0.1, -0.05) is 17.7 Å². The predicted octanol–water partition coefficient (Wildman–Crippen LogP) is 3.64. The molecule has 1 aliphatic heterocycles. The summed E-state index contributed by atoms with van der Waals surface area (Å²) in [6, 6.07) is 6.18. The lowest BCUT2D eigenvalue weighted by Gasteiger charge is -2.31. The Labute approximate surface area is 171 Å². The summed E-state index contributed by atoms with van der Waals surface area (Å²) in [5.41, 5.74) is 5.18. The molecule has 1 saturated heterocycles. The zero-order chi connectivity index (χ0) is 20.1. The van der Waals surface area contributed by atoms with Gasteiger partial charge >= 0.3 is 11.8 Å². The molecule has 2 aromatic rings. The number of nitrogens with zero attached hydrogens (tertiary/aromatic N) is 1. The van der Waals surface area contributed by atoms with Gasteiger partial charge in [0.25, 0.3) is 0 Å². The number of carbonyl (C=O) groups is 2. The Morgan fingerprint density at radius 3 is 2.39 bits per heavy atom. The Bertz CT molecular complexity index is 801. The van der Waals surface area contributed by atoms with Gasteiger partial charge in [-0.05, 0) is 86.1 Å². The Morgan fingerprint density at radius 2 is 1.79 bits per heavy atom. The Balaban J connectivity index is 1.42. The first-order valence-electron chi connectivity index (χ1n) is 9.83. The van der Waals surface area contributed by atoms with E-state index in [9.17, 15) is 9.59 Å². The number of thiophene rings is 1. The summed E-state index contributed by atoms with van der Waals surface area (Å²) >= 11 is 1.73. The molecule has 3 rings (SSSR count). The van der Waals surface area contributed by atoms with E-state index in [-0.39, 0.29) is 0 Å². The number of hydrogen-bond donors (Lipinski definition) is 2. The number of aryl methyl sites for hydroxylation is 3. The summed E-state index contributed by atoms with van der Waals surface area (Å²) in [6.07, 6.45) is 2.09. The van der Waals surface area contributed by atoms with Crippen LogP contribution in [-0.2, 0) is 16.1 Å². The quantitative estimate of drug-likeness (QED) is 0.755. The van der Waals surface area contributed by atoms with E-state index in [4.69, 9.17) is 0 Å². The van der Waals surface area contributed by atoms with E-state index in [2.05, 4.69) is 32.4 Å². The summed E-state index contributed by atoms with van der Waals surface area (Å²) in [5.74, 6) is -0.719. The molecule has 6 heteroatoms. The molecule has 150 valence electrons. The van der Waals surface area contributed by atoms with E-state index in [0.717, 1.165) is 54.9 Å². The number of nitrogens with one attached hydrogen (secondary N) is 2. The SMILES string of the molecule is Cc1cc(C)c(NC(=O)C(=O)NCC2CCN(Cc3ccsc3)CC2)c(C)c1. The van der Waals surface area contributed by atoms with Gasteiger partial charge in [-0.3, -0.25) is 14.5 Å². The van der Waals surface area contributed by atoms with E-state index in [1.807, 2.05) is 32.9 Å². The highest BCUT2D eigenvalue weighted by Crippen LogP contribution is 2.22. The van der Waals surface area contributed by atoms with Crippen LogP contribution in [0.2, 0.25) is 0 Å². The summed E-state index contributed by atoms with van der Waals surface area (Å²) in [6.45, 7) is 9.53. The molecule has 1 aromatic heterocycles. The van der Waals surface area contributed by atoms with Gasteiger partial charge in [-0.15, -0.1) is 0 Å². The molecule has 2 N–H and O–H groups in total. The van der Waals surface area contributed by atoms with E-state index in [1.54, 1.807) is 11.3 Å². The second kappa shape index (κ2) is 9.34. The predicted molar refractivity (Wildman–Crippen MR) is 115 cm³/mol. The fourth-order valence-corrected chi connectivity index (χ4v) is 4.51. The first kappa shape index (κ1) is 20.6. The van der Waals surface area contributed by atoms with Gasteiger partial charge in [0.15, 0.2) is 0 Å². The number of benzene rings is 1. The molecule has 0 saturated carbocycles. The molecular formula is C22H29N3O2S. The fourth-order valence-electron chi connectivity index (χ4n) is 3.85. The van der Waals surface area contributed by atoms with Crippen LogP contribution in [0.3, 0.4) is 0 Å². The van der Waals surface area contributed by atoms with E-state index in [0.29, 0.717) is 12.5 Å². The molecule has 0 aliphatic carbocycles. The third-order valence-electron chi connectivity index (χ3n) is 5.37. The minimum absolute atomic E-state index is 0.429. The van der Waals surface area contributed by atoms with Gasteiger partial charge in [0, 0.05) is 18.8 Å². The van der Waals surface area contributed by atoms with E-state index in [1.165, 1.54) is 5.56 Å². The number of hydrogen-bond acceptors (Lipinski definition) is 4. The van der Waals surface area contributed by atoms with E-state index >= 15 is 0 Å². The fraction of sp³-hybridized carbons (Fsp3) is 0.455. The van der Waals surface area contributed by atoms with Crippen molar-refractivity contribution in [3.05, 3.63) is 51.2 Å². The molecule has 1 aromatic carbocycles. The lowest BCUT2D eigenvalue weighted by Crippen LogP contribution is -2.41. The largest absolute Gasteiger partial charge is 0.348 e. The van der Waals surface area contributed by atoms with Crippen LogP contribution in [0.25, 0.3) is 0 Å². The highest BCUT2D eigenvalue weighted by atomic mass is 32.1. The van der Waals surface area contributed by atoms with Gasteiger partial charge < -0.3 is 10.6 Å². The minimum Gasteiger partial charge on any atom is -0.348 e. The van der Waals surface area contributed by atoms with Gasteiger partial charge in [0.05, 0.1) is 0 Å². The average molecular weight is 400 g/mol. The number of carbonyl (C=O) groups excluding carboxylic acids is 2. The first-order valence-corrected chi connectivity index (χ1v) is 10.8. The van der Waals surface area contributed by atoms with Crippen molar-refractivity contribution in [2.45, 2.75) is 40.2 Å². The third-order valence-corrected chi connectivity index (χ3v) is 6.10. The molecule has 0 bridgehead atoms. The Morgan fingerprint density at radius 1 is 1.11 bits per heavy atom. The summed E-state index contributed by atoms with van der Waals surface area (Å²) in [5, 5.41) is 9.89. The molecule has 0 spiro atoms. The van der Waals surface area contributed by atoms with Crippen molar-refractivity contribution in [2.24, 2.45) is 5.92 Å². The average Bonchev–Trinajstić information content (AvgIpc) is 3.16. The zero-order valence-corrected chi connectivity index (χ0v) is 17.7. The molecular weight excluding hydrogens is 370 g/mol. The maximum Gasteiger partial charge on any atom is 0.313 e. The normalized spacial score (nSPS) is 15.4. The summed E-state index contributed by atoms with van der Waals surface area (Å²) in [7, 11) is 0. The van der Waals surface area contributed by atoms with Gasteiger partial charge in [-0.25, -0.2) is 0 Å². The number of amides is 2. The maximum absolute atomic E-state index is 12.3. The third kappa shape index (κ3) is 5.42.